The fraction of sp³-hybridized carbons (Fsp3) is 0.739. The van der Waals surface area contributed by atoms with Gasteiger partial charge in [0.2, 0.25) is 0 Å². The molecule has 1 aromatic rings. The Kier molecular flexibility index (Phi) is 8.38. The maximum atomic E-state index is 12.7. The third-order valence-corrected chi connectivity index (χ3v) is 6.76. The first kappa shape index (κ1) is 23.2. The van der Waals surface area contributed by atoms with Gasteiger partial charge in [0.05, 0.1) is 24.7 Å². The Balaban J connectivity index is 1.90. The summed E-state index contributed by atoms with van der Waals surface area (Å²) in [6.07, 6.45) is 3.06. The highest BCUT2D eigenvalue weighted by molar-refractivity contribution is 7.91. The van der Waals surface area contributed by atoms with Crippen LogP contribution in [0.15, 0.2) is 24.3 Å². The van der Waals surface area contributed by atoms with Gasteiger partial charge in [-0.25, -0.2) is 8.42 Å². The molecule has 1 aliphatic carbocycles. The summed E-state index contributed by atoms with van der Waals surface area (Å²) in [6.45, 7) is 12.4. The zero-order chi connectivity index (χ0) is 20.8. The summed E-state index contributed by atoms with van der Waals surface area (Å²) in [5.74, 6) is 2.12. The molecule has 0 aromatic heterocycles. The fourth-order valence-electron chi connectivity index (χ4n) is 3.12. The summed E-state index contributed by atoms with van der Waals surface area (Å²) in [7, 11) is -3.14. The van der Waals surface area contributed by atoms with E-state index in [1.54, 1.807) is 0 Å². The van der Waals surface area contributed by atoms with E-state index in [0.29, 0.717) is 25.6 Å². The molecule has 0 bridgehead atoms. The molecule has 1 aliphatic rings. The molecule has 1 unspecified atom stereocenters. The monoisotopic (exact) mass is 410 g/mol. The molecule has 5 heteroatoms. The van der Waals surface area contributed by atoms with E-state index in [-0.39, 0.29) is 28.8 Å². The van der Waals surface area contributed by atoms with Crippen molar-refractivity contribution < 1.29 is 17.9 Å². The van der Waals surface area contributed by atoms with Crippen LogP contribution in [0.25, 0.3) is 0 Å². The quantitative estimate of drug-likeness (QED) is 0.451. The Hall–Kier alpha value is -1.07. The molecular weight excluding hydrogens is 372 g/mol. The molecule has 0 radical (unpaired) electrons. The maximum absolute atomic E-state index is 12.7. The van der Waals surface area contributed by atoms with Crippen molar-refractivity contribution in [2.45, 2.75) is 59.8 Å². The van der Waals surface area contributed by atoms with Gasteiger partial charge in [0.1, 0.15) is 5.75 Å². The zero-order valence-corrected chi connectivity index (χ0v) is 19.1. The van der Waals surface area contributed by atoms with Gasteiger partial charge in [-0.2, -0.15) is 0 Å². The van der Waals surface area contributed by atoms with Crippen LogP contribution in [0.3, 0.4) is 0 Å². The maximum Gasteiger partial charge on any atom is 0.151 e. The lowest BCUT2D eigenvalue weighted by molar-refractivity contribution is 0.0720. The lowest BCUT2D eigenvalue weighted by Gasteiger charge is -2.22. The first-order valence-electron chi connectivity index (χ1n) is 10.6. The molecule has 2 rings (SSSR count). The van der Waals surface area contributed by atoms with E-state index in [1.807, 2.05) is 24.3 Å². The van der Waals surface area contributed by atoms with Gasteiger partial charge in [-0.05, 0) is 54.2 Å². The van der Waals surface area contributed by atoms with Gasteiger partial charge in [-0.3, -0.25) is 0 Å². The highest BCUT2D eigenvalue weighted by Crippen LogP contribution is 2.32. The van der Waals surface area contributed by atoms with E-state index in [9.17, 15) is 8.42 Å². The van der Waals surface area contributed by atoms with E-state index < -0.39 is 9.84 Å². The molecule has 0 amide bonds. The number of hydrogen-bond acceptors (Lipinski definition) is 4. The number of hydrogen-bond donors (Lipinski definition) is 0. The topological polar surface area (TPSA) is 52.6 Å². The number of benzene rings is 1. The molecular formula is C23H38O4S. The SMILES string of the molecule is CC(C)C(CS(=O)(=O)CCCOCC(C)(C)C)c1cccc(OCC2CC2)c1. The third kappa shape index (κ3) is 8.95. The molecule has 1 fully saturated rings. The standard InChI is InChI=1S/C23H38O4S/c1-18(2)22(16-28(24,25)13-7-12-26-17-23(3,4)5)20-8-6-9-21(14-20)27-15-19-10-11-19/h6,8-9,14,18-19,22H,7,10-13,15-17H2,1-5H3. The van der Waals surface area contributed by atoms with Crippen molar-refractivity contribution in [1.82, 2.24) is 0 Å². The van der Waals surface area contributed by atoms with Crippen molar-refractivity contribution in [3.05, 3.63) is 29.8 Å². The van der Waals surface area contributed by atoms with E-state index in [4.69, 9.17) is 9.47 Å². The van der Waals surface area contributed by atoms with Gasteiger partial charge >= 0.3 is 0 Å². The van der Waals surface area contributed by atoms with Gasteiger partial charge in [0.25, 0.3) is 0 Å². The molecule has 0 aliphatic heterocycles. The van der Waals surface area contributed by atoms with E-state index in [0.717, 1.165) is 17.9 Å². The highest BCUT2D eigenvalue weighted by atomic mass is 32.2. The van der Waals surface area contributed by atoms with E-state index in [2.05, 4.69) is 34.6 Å². The summed E-state index contributed by atoms with van der Waals surface area (Å²) < 4.78 is 36.9. The second kappa shape index (κ2) is 10.1. The minimum absolute atomic E-state index is 0.0232. The Bertz CT molecular complexity index is 700. The second-order valence-corrected chi connectivity index (χ2v) is 12.0. The van der Waals surface area contributed by atoms with Gasteiger partial charge in [-0.15, -0.1) is 0 Å². The Labute approximate surface area is 171 Å². The van der Waals surface area contributed by atoms with Gasteiger partial charge in [-0.1, -0.05) is 46.8 Å². The summed E-state index contributed by atoms with van der Waals surface area (Å²) in [6, 6.07) is 7.98. The second-order valence-electron chi connectivity index (χ2n) is 9.76. The van der Waals surface area contributed by atoms with Crippen LogP contribution in [-0.2, 0) is 14.6 Å². The molecule has 160 valence electrons. The van der Waals surface area contributed by atoms with E-state index >= 15 is 0 Å². The lowest BCUT2D eigenvalue weighted by Crippen LogP contribution is -2.22. The zero-order valence-electron chi connectivity index (χ0n) is 18.2. The van der Waals surface area contributed by atoms with Crippen molar-refractivity contribution in [1.29, 1.82) is 0 Å². The highest BCUT2D eigenvalue weighted by Gasteiger charge is 2.25. The molecule has 0 N–H and O–H groups in total. The molecule has 4 nitrogen and oxygen atoms in total. The Morgan fingerprint density at radius 1 is 1.18 bits per heavy atom. The Morgan fingerprint density at radius 2 is 1.89 bits per heavy atom. The van der Waals surface area contributed by atoms with Crippen LogP contribution in [0.5, 0.6) is 5.75 Å². The minimum Gasteiger partial charge on any atom is -0.493 e. The molecule has 1 aromatic carbocycles. The van der Waals surface area contributed by atoms with Gasteiger partial charge < -0.3 is 9.47 Å². The van der Waals surface area contributed by atoms with Crippen LogP contribution >= 0.6 is 0 Å². The predicted octanol–water partition coefficient (Wildman–Crippen LogP) is 5.08. The fourth-order valence-corrected chi connectivity index (χ4v) is 4.97. The molecule has 0 saturated heterocycles. The Morgan fingerprint density at radius 3 is 2.50 bits per heavy atom. The van der Waals surface area contributed by atoms with Crippen LogP contribution in [0.1, 0.15) is 65.4 Å². The predicted molar refractivity (Wildman–Crippen MR) is 116 cm³/mol. The van der Waals surface area contributed by atoms with E-state index in [1.165, 1.54) is 12.8 Å². The molecule has 1 saturated carbocycles. The number of rotatable bonds is 12. The van der Waals surface area contributed by atoms with Gasteiger partial charge in [0.15, 0.2) is 9.84 Å². The van der Waals surface area contributed by atoms with Crippen LogP contribution in [0.4, 0.5) is 0 Å². The molecule has 1 atom stereocenters. The first-order valence-corrected chi connectivity index (χ1v) is 12.4. The first-order chi connectivity index (χ1) is 13.1. The number of sulfone groups is 1. The van der Waals surface area contributed by atoms with Crippen LogP contribution in [0.2, 0.25) is 0 Å². The van der Waals surface area contributed by atoms with Crippen LogP contribution in [-0.4, -0.2) is 39.7 Å². The number of ether oxygens (including phenoxy) is 2. The summed E-state index contributed by atoms with van der Waals surface area (Å²) in [5, 5.41) is 0. The third-order valence-electron chi connectivity index (χ3n) is 4.99. The average Bonchev–Trinajstić information content (AvgIpc) is 3.41. The molecule has 0 heterocycles. The van der Waals surface area contributed by atoms with Crippen molar-refractivity contribution in [3.63, 3.8) is 0 Å². The molecule has 0 spiro atoms. The summed E-state index contributed by atoms with van der Waals surface area (Å²) in [5.41, 5.74) is 1.16. The van der Waals surface area contributed by atoms with Crippen molar-refractivity contribution >= 4 is 9.84 Å². The van der Waals surface area contributed by atoms with Crippen molar-refractivity contribution in [3.8, 4) is 5.75 Å². The smallest absolute Gasteiger partial charge is 0.151 e. The summed E-state index contributed by atoms with van der Waals surface area (Å²) >= 11 is 0. The lowest BCUT2D eigenvalue weighted by atomic mass is 9.90. The largest absolute Gasteiger partial charge is 0.493 e. The average molecular weight is 411 g/mol. The van der Waals surface area contributed by atoms with Gasteiger partial charge in [0, 0.05) is 12.5 Å². The van der Waals surface area contributed by atoms with Crippen LogP contribution in [0, 0.1) is 17.3 Å². The minimum atomic E-state index is -3.14. The van der Waals surface area contributed by atoms with Crippen molar-refractivity contribution in [2.24, 2.45) is 17.3 Å². The van der Waals surface area contributed by atoms with Crippen molar-refractivity contribution in [2.75, 3.05) is 31.3 Å². The summed E-state index contributed by atoms with van der Waals surface area (Å²) in [4.78, 5) is 0. The molecule has 28 heavy (non-hydrogen) atoms. The normalized spacial score (nSPS) is 16.4. The van der Waals surface area contributed by atoms with Crippen LogP contribution < -0.4 is 4.74 Å².